The van der Waals surface area contributed by atoms with Gasteiger partial charge in [0.2, 0.25) is 5.91 Å². The van der Waals surface area contributed by atoms with E-state index in [1.54, 1.807) is 22.8 Å². The number of aryl methyl sites for hydroxylation is 1. The second kappa shape index (κ2) is 4.59. The van der Waals surface area contributed by atoms with Crippen molar-refractivity contribution in [3.8, 4) is 0 Å². The number of hydrogen-bond donors (Lipinski definition) is 0. The lowest BCUT2D eigenvalue weighted by Gasteiger charge is -2.17. The van der Waals surface area contributed by atoms with Crippen molar-refractivity contribution < 1.29 is 4.79 Å². The molecule has 0 radical (unpaired) electrons. The predicted octanol–water partition coefficient (Wildman–Crippen LogP) is 1.16. The molecule has 1 heterocycles. The van der Waals surface area contributed by atoms with E-state index in [1.807, 2.05) is 20.2 Å². The Morgan fingerprint density at radius 2 is 2.43 bits per heavy atom. The fourth-order valence-corrected chi connectivity index (χ4v) is 1.56. The Bertz CT molecular complexity index is 322. The maximum absolute atomic E-state index is 11.5. The first-order valence-corrected chi connectivity index (χ1v) is 5.29. The summed E-state index contributed by atoms with van der Waals surface area (Å²) in [4.78, 5) is 13.0. The number of hydrogen-bond acceptors (Lipinski definition) is 2. The molecule has 4 nitrogen and oxygen atoms in total. The summed E-state index contributed by atoms with van der Waals surface area (Å²) < 4.78 is 1.73. The second-order valence-electron chi connectivity index (χ2n) is 3.33. The number of rotatable bonds is 3. The molecule has 5 heteroatoms. The minimum Gasteiger partial charge on any atom is -0.340 e. The number of alkyl halides is 1. The molecular weight excluding hydrogens is 246 g/mol. The minimum atomic E-state index is -0.135. The van der Waals surface area contributed by atoms with E-state index in [1.165, 1.54) is 0 Å². The summed E-state index contributed by atoms with van der Waals surface area (Å²) in [6.45, 7) is 2.42. The van der Waals surface area contributed by atoms with E-state index in [0.717, 1.165) is 5.56 Å². The SMILES string of the molecule is C[C@@H](Br)C(=O)N(C)Cc1cnn(C)c1. The molecule has 0 saturated carbocycles. The van der Waals surface area contributed by atoms with Crippen molar-refractivity contribution in [3.05, 3.63) is 18.0 Å². The van der Waals surface area contributed by atoms with Gasteiger partial charge < -0.3 is 4.90 Å². The van der Waals surface area contributed by atoms with Crippen molar-refractivity contribution in [1.29, 1.82) is 0 Å². The van der Waals surface area contributed by atoms with E-state index in [-0.39, 0.29) is 10.7 Å². The highest BCUT2D eigenvalue weighted by Gasteiger charge is 2.14. The lowest BCUT2D eigenvalue weighted by atomic mass is 10.3. The zero-order valence-corrected chi connectivity index (χ0v) is 10.2. The Balaban J connectivity index is 2.57. The molecule has 0 fully saturated rings. The van der Waals surface area contributed by atoms with Gasteiger partial charge in [-0.1, -0.05) is 15.9 Å². The van der Waals surface area contributed by atoms with Crippen LogP contribution in [0.4, 0.5) is 0 Å². The number of amides is 1. The summed E-state index contributed by atoms with van der Waals surface area (Å²) >= 11 is 3.25. The van der Waals surface area contributed by atoms with Gasteiger partial charge in [-0.25, -0.2) is 0 Å². The Hall–Kier alpha value is -0.840. The summed E-state index contributed by atoms with van der Waals surface area (Å²) in [5.74, 6) is 0.0776. The van der Waals surface area contributed by atoms with Crippen LogP contribution in [-0.2, 0) is 18.4 Å². The quantitative estimate of drug-likeness (QED) is 0.765. The average molecular weight is 260 g/mol. The van der Waals surface area contributed by atoms with Gasteiger partial charge in [-0.3, -0.25) is 9.48 Å². The van der Waals surface area contributed by atoms with Crippen molar-refractivity contribution in [2.75, 3.05) is 7.05 Å². The van der Waals surface area contributed by atoms with Gasteiger partial charge in [0.15, 0.2) is 0 Å². The van der Waals surface area contributed by atoms with Crippen molar-refractivity contribution in [3.63, 3.8) is 0 Å². The first kappa shape index (κ1) is 11.2. The minimum absolute atomic E-state index is 0.0776. The molecule has 1 aromatic rings. The molecule has 1 aromatic heterocycles. The predicted molar refractivity (Wildman–Crippen MR) is 58.1 cm³/mol. The molecule has 0 N–H and O–H groups in total. The molecule has 0 aromatic carbocycles. The normalized spacial score (nSPS) is 12.6. The van der Waals surface area contributed by atoms with Crippen LogP contribution in [0.1, 0.15) is 12.5 Å². The largest absolute Gasteiger partial charge is 0.340 e. The molecule has 78 valence electrons. The van der Waals surface area contributed by atoms with Crippen LogP contribution in [0.15, 0.2) is 12.4 Å². The van der Waals surface area contributed by atoms with Gasteiger partial charge in [0.05, 0.1) is 11.0 Å². The van der Waals surface area contributed by atoms with Gasteiger partial charge in [-0.2, -0.15) is 5.10 Å². The maximum Gasteiger partial charge on any atom is 0.236 e. The van der Waals surface area contributed by atoms with Crippen LogP contribution in [0.2, 0.25) is 0 Å². The fourth-order valence-electron chi connectivity index (χ4n) is 1.21. The number of aromatic nitrogens is 2. The van der Waals surface area contributed by atoms with Crippen molar-refractivity contribution >= 4 is 21.8 Å². The van der Waals surface area contributed by atoms with E-state index in [9.17, 15) is 4.79 Å². The zero-order valence-electron chi connectivity index (χ0n) is 8.57. The van der Waals surface area contributed by atoms with E-state index in [2.05, 4.69) is 21.0 Å². The summed E-state index contributed by atoms with van der Waals surface area (Å²) in [6.07, 6.45) is 3.67. The highest BCUT2D eigenvalue weighted by molar-refractivity contribution is 9.10. The van der Waals surface area contributed by atoms with E-state index < -0.39 is 0 Å². The van der Waals surface area contributed by atoms with E-state index >= 15 is 0 Å². The molecule has 0 bridgehead atoms. The molecule has 0 aliphatic carbocycles. The third-order valence-electron chi connectivity index (χ3n) is 1.89. The zero-order chi connectivity index (χ0) is 10.7. The molecule has 0 saturated heterocycles. The molecular formula is C9H14BrN3O. The Kier molecular flexibility index (Phi) is 3.69. The van der Waals surface area contributed by atoms with Gasteiger partial charge in [0.25, 0.3) is 0 Å². The maximum atomic E-state index is 11.5. The molecule has 0 unspecified atom stereocenters. The highest BCUT2D eigenvalue weighted by atomic mass is 79.9. The summed E-state index contributed by atoms with van der Waals surface area (Å²) in [7, 11) is 3.64. The highest BCUT2D eigenvalue weighted by Crippen LogP contribution is 2.06. The topological polar surface area (TPSA) is 38.1 Å². The van der Waals surface area contributed by atoms with Gasteiger partial charge in [-0.15, -0.1) is 0 Å². The van der Waals surface area contributed by atoms with Crippen molar-refractivity contribution in [2.24, 2.45) is 7.05 Å². The molecule has 0 spiro atoms. The van der Waals surface area contributed by atoms with Gasteiger partial charge in [0.1, 0.15) is 0 Å². The third-order valence-corrected chi connectivity index (χ3v) is 2.29. The molecule has 0 aliphatic rings. The van der Waals surface area contributed by atoms with Crippen molar-refractivity contribution in [1.82, 2.24) is 14.7 Å². The molecule has 14 heavy (non-hydrogen) atoms. The molecule has 1 amide bonds. The lowest BCUT2D eigenvalue weighted by molar-refractivity contribution is -0.129. The Morgan fingerprint density at radius 1 is 1.79 bits per heavy atom. The summed E-state index contributed by atoms with van der Waals surface area (Å²) in [5, 5.41) is 4.04. The van der Waals surface area contributed by atoms with Crippen LogP contribution in [0.25, 0.3) is 0 Å². The standard InChI is InChI=1S/C9H14BrN3O/c1-7(10)9(14)12(2)5-8-4-11-13(3)6-8/h4,6-7H,5H2,1-3H3/t7-/m1/s1. The van der Waals surface area contributed by atoms with Gasteiger partial charge >= 0.3 is 0 Å². The number of nitrogens with zero attached hydrogens (tertiary/aromatic N) is 3. The number of halogens is 1. The monoisotopic (exact) mass is 259 g/mol. The number of carbonyl (C=O) groups excluding carboxylic acids is 1. The first-order chi connectivity index (χ1) is 6.50. The van der Waals surface area contributed by atoms with Crippen LogP contribution < -0.4 is 0 Å². The van der Waals surface area contributed by atoms with Crippen LogP contribution in [0.3, 0.4) is 0 Å². The average Bonchev–Trinajstić information content (AvgIpc) is 2.49. The van der Waals surface area contributed by atoms with Crippen LogP contribution in [0.5, 0.6) is 0 Å². The molecule has 1 rings (SSSR count). The Labute approximate surface area is 92.0 Å². The molecule has 1 atom stereocenters. The number of carbonyl (C=O) groups is 1. The van der Waals surface area contributed by atoms with Gasteiger partial charge in [0, 0.05) is 32.4 Å². The van der Waals surface area contributed by atoms with Gasteiger partial charge in [-0.05, 0) is 6.92 Å². The molecule has 0 aliphatic heterocycles. The Morgan fingerprint density at radius 3 is 2.86 bits per heavy atom. The van der Waals surface area contributed by atoms with E-state index in [4.69, 9.17) is 0 Å². The summed E-state index contributed by atoms with van der Waals surface area (Å²) in [6, 6.07) is 0. The first-order valence-electron chi connectivity index (χ1n) is 4.37. The fraction of sp³-hybridized carbons (Fsp3) is 0.556. The second-order valence-corrected chi connectivity index (χ2v) is 4.71. The summed E-state index contributed by atoms with van der Waals surface area (Å²) in [5.41, 5.74) is 1.04. The smallest absolute Gasteiger partial charge is 0.236 e. The van der Waals surface area contributed by atoms with Crippen LogP contribution in [0, 0.1) is 0 Å². The lowest BCUT2D eigenvalue weighted by Crippen LogP contribution is -2.31. The van der Waals surface area contributed by atoms with Crippen LogP contribution in [-0.4, -0.2) is 32.5 Å². The van der Waals surface area contributed by atoms with Crippen LogP contribution >= 0.6 is 15.9 Å². The van der Waals surface area contributed by atoms with Crippen molar-refractivity contribution in [2.45, 2.75) is 18.3 Å². The third kappa shape index (κ3) is 2.83. The van der Waals surface area contributed by atoms with E-state index in [0.29, 0.717) is 6.54 Å².